The average Bonchev–Trinajstić information content (AvgIpc) is 3.30. The predicted molar refractivity (Wildman–Crippen MR) is 111 cm³/mol. The molecule has 1 N–H and O–H groups in total. The number of fused-ring (bicyclic) bond motifs is 2. The smallest absolute Gasteiger partial charge is 0.223 e. The fraction of sp³-hybridized carbons (Fsp3) is 0.545. The summed E-state index contributed by atoms with van der Waals surface area (Å²) in [4.78, 5) is 28.7. The van der Waals surface area contributed by atoms with Gasteiger partial charge in [-0.25, -0.2) is 9.97 Å². The standard InChI is InChI=1S/C22H29N5O2/c1-14(9-11-29-3)22(28)26-19-12-16-7-8-20(19)27(16)21-13-18(24-15(2)25-21)17-6-4-5-10-23-17/h4-6,10,13-14,16,19-20H,7-9,11-12H2,1-3H3,(H,26,28)/t14?,16-,19+,20+/m0/s1. The summed E-state index contributed by atoms with van der Waals surface area (Å²) in [6.07, 6.45) is 5.70. The number of hydrogen-bond acceptors (Lipinski definition) is 6. The quantitative estimate of drug-likeness (QED) is 0.776. The molecule has 2 bridgehead atoms. The van der Waals surface area contributed by atoms with E-state index >= 15 is 0 Å². The third-order valence-corrected chi connectivity index (χ3v) is 6.08. The van der Waals surface area contributed by atoms with Gasteiger partial charge in [0.15, 0.2) is 0 Å². The molecule has 4 rings (SSSR count). The number of nitrogens with one attached hydrogen (secondary N) is 1. The van der Waals surface area contributed by atoms with Gasteiger partial charge in [0.05, 0.1) is 23.5 Å². The van der Waals surface area contributed by atoms with E-state index in [9.17, 15) is 4.79 Å². The number of amides is 1. The van der Waals surface area contributed by atoms with Gasteiger partial charge in [-0.1, -0.05) is 13.0 Å². The number of ether oxygens (including phenoxy) is 1. The third kappa shape index (κ3) is 4.10. The Kier molecular flexibility index (Phi) is 5.76. The number of aromatic nitrogens is 3. The van der Waals surface area contributed by atoms with Crippen LogP contribution in [0, 0.1) is 12.8 Å². The van der Waals surface area contributed by atoms with Crippen molar-refractivity contribution in [2.45, 2.75) is 57.7 Å². The van der Waals surface area contributed by atoms with E-state index in [1.54, 1.807) is 13.3 Å². The van der Waals surface area contributed by atoms with Crippen LogP contribution >= 0.6 is 0 Å². The summed E-state index contributed by atoms with van der Waals surface area (Å²) in [5, 5.41) is 3.29. The molecule has 2 aromatic rings. The van der Waals surface area contributed by atoms with E-state index in [4.69, 9.17) is 9.72 Å². The van der Waals surface area contributed by atoms with Crippen LogP contribution in [-0.2, 0) is 9.53 Å². The molecule has 7 heteroatoms. The normalized spacial score (nSPS) is 24.0. The molecule has 2 saturated heterocycles. The molecule has 2 aliphatic rings. The molecule has 4 atom stereocenters. The molecule has 0 aliphatic carbocycles. The van der Waals surface area contributed by atoms with Crippen molar-refractivity contribution < 1.29 is 9.53 Å². The van der Waals surface area contributed by atoms with Crippen molar-refractivity contribution in [3.05, 3.63) is 36.3 Å². The Morgan fingerprint density at radius 3 is 2.93 bits per heavy atom. The van der Waals surface area contributed by atoms with Crippen LogP contribution in [-0.4, -0.2) is 52.7 Å². The van der Waals surface area contributed by atoms with Crippen molar-refractivity contribution in [2.75, 3.05) is 18.6 Å². The van der Waals surface area contributed by atoms with Gasteiger partial charge in [-0.05, 0) is 44.7 Å². The van der Waals surface area contributed by atoms with E-state index in [0.29, 0.717) is 12.6 Å². The first-order valence-electron chi connectivity index (χ1n) is 10.4. The maximum absolute atomic E-state index is 12.6. The molecule has 4 heterocycles. The minimum atomic E-state index is -0.0421. The second-order valence-corrected chi connectivity index (χ2v) is 8.11. The average molecular weight is 396 g/mol. The number of pyridine rings is 1. The van der Waals surface area contributed by atoms with E-state index in [2.05, 4.69) is 20.2 Å². The van der Waals surface area contributed by atoms with Gasteiger partial charge in [0.1, 0.15) is 11.6 Å². The first kappa shape index (κ1) is 19.8. The summed E-state index contributed by atoms with van der Waals surface area (Å²) in [6, 6.07) is 8.73. The van der Waals surface area contributed by atoms with Crippen molar-refractivity contribution in [1.82, 2.24) is 20.3 Å². The van der Waals surface area contributed by atoms with E-state index in [0.717, 1.165) is 48.7 Å². The monoisotopic (exact) mass is 395 g/mol. The Morgan fingerprint density at radius 1 is 1.31 bits per heavy atom. The lowest BCUT2D eigenvalue weighted by Crippen LogP contribution is -2.46. The molecule has 0 radical (unpaired) electrons. The van der Waals surface area contributed by atoms with Crippen molar-refractivity contribution in [3.8, 4) is 11.4 Å². The first-order chi connectivity index (χ1) is 14.1. The summed E-state index contributed by atoms with van der Waals surface area (Å²) >= 11 is 0. The van der Waals surface area contributed by atoms with Gasteiger partial charge in [0.2, 0.25) is 5.91 Å². The lowest BCUT2D eigenvalue weighted by atomic mass is 9.94. The molecule has 0 spiro atoms. The van der Waals surface area contributed by atoms with Crippen molar-refractivity contribution in [1.29, 1.82) is 0 Å². The van der Waals surface area contributed by atoms with Crippen LogP contribution in [0.3, 0.4) is 0 Å². The number of hydrogen-bond donors (Lipinski definition) is 1. The number of aryl methyl sites for hydroxylation is 1. The summed E-state index contributed by atoms with van der Waals surface area (Å²) in [6.45, 7) is 4.49. The van der Waals surface area contributed by atoms with Crippen LogP contribution in [0.25, 0.3) is 11.4 Å². The fourth-order valence-corrected chi connectivity index (χ4v) is 4.58. The fourth-order valence-electron chi connectivity index (χ4n) is 4.58. The van der Waals surface area contributed by atoms with Crippen LogP contribution in [0.5, 0.6) is 0 Å². The van der Waals surface area contributed by atoms with Crippen LogP contribution in [0.4, 0.5) is 5.82 Å². The van der Waals surface area contributed by atoms with Gasteiger partial charge in [0, 0.05) is 37.9 Å². The van der Waals surface area contributed by atoms with Gasteiger partial charge < -0.3 is 15.0 Å². The Hall–Kier alpha value is -2.54. The Labute approximate surface area is 171 Å². The summed E-state index contributed by atoms with van der Waals surface area (Å²) in [5.41, 5.74) is 1.69. The van der Waals surface area contributed by atoms with Crippen LogP contribution in [0.15, 0.2) is 30.5 Å². The molecule has 2 aliphatic heterocycles. The number of methoxy groups -OCH3 is 1. The van der Waals surface area contributed by atoms with Gasteiger partial charge in [-0.15, -0.1) is 0 Å². The van der Waals surface area contributed by atoms with Gasteiger partial charge in [0.25, 0.3) is 0 Å². The Bertz CT molecular complexity index is 860. The SMILES string of the molecule is COCCC(C)C(=O)N[C@@H]1C[C@@H]2CC[C@H]1N2c1cc(-c2ccccn2)nc(C)n1. The highest BCUT2D eigenvalue weighted by molar-refractivity contribution is 5.79. The van der Waals surface area contributed by atoms with E-state index in [1.165, 1.54) is 0 Å². The van der Waals surface area contributed by atoms with Gasteiger partial charge >= 0.3 is 0 Å². The second-order valence-electron chi connectivity index (χ2n) is 8.11. The van der Waals surface area contributed by atoms with Crippen LogP contribution in [0.2, 0.25) is 0 Å². The zero-order valence-corrected chi connectivity index (χ0v) is 17.3. The van der Waals surface area contributed by atoms with Crippen LogP contribution < -0.4 is 10.2 Å². The molecular formula is C22H29N5O2. The maximum atomic E-state index is 12.6. The van der Waals surface area contributed by atoms with E-state index in [1.807, 2.05) is 38.1 Å². The summed E-state index contributed by atoms with van der Waals surface area (Å²) in [5.74, 6) is 1.75. The van der Waals surface area contributed by atoms with E-state index < -0.39 is 0 Å². The molecule has 1 unspecified atom stereocenters. The molecule has 0 aromatic carbocycles. The number of carbonyl (C=O) groups excluding carboxylic acids is 1. The lowest BCUT2D eigenvalue weighted by molar-refractivity contribution is -0.125. The molecule has 0 saturated carbocycles. The molecule has 2 aromatic heterocycles. The summed E-state index contributed by atoms with van der Waals surface area (Å²) < 4.78 is 5.11. The minimum Gasteiger partial charge on any atom is -0.385 e. The third-order valence-electron chi connectivity index (χ3n) is 6.08. The largest absolute Gasteiger partial charge is 0.385 e. The molecule has 29 heavy (non-hydrogen) atoms. The number of rotatable bonds is 7. The highest BCUT2D eigenvalue weighted by Gasteiger charge is 2.47. The summed E-state index contributed by atoms with van der Waals surface area (Å²) in [7, 11) is 1.67. The second kappa shape index (κ2) is 8.45. The molecule has 1 amide bonds. The highest BCUT2D eigenvalue weighted by atomic mass is 16.5. The Morgan fingerprint density at radius 2 is 2.17 bits per heavy atom. The zero-order chi connectivity index (χ0) is 20.4. The first-order valence-corrected chi connectivity index (χ1v) is 10.4. The number of anilines is 1. The minimum absolute atomic E-state index is 0.0421. The van der Waals surface area contributed by atoms with Crippen LogP contribution in [0.1, 0.15) is 38.4 Å². The predicted octanol–water partition coefficient (Wildman–Crippen LogP) is 2.75. The van der Waals surface area contributed by atoms with Crippen molar-refractivity contribution in [2.24, 2.45) is 5.92 Å². The lowest BCUT2D eigenvalue weighted by Gasteiger charge is -2.27. The van der Waals surface area contributed by atoms with Gasteiger partial charge in [-0.3, -0.25) is 9.78 Å². The Balaban J connectivity index is 1.52. The van der Waals surface area contributed by atoms with Crippen molar-refractivity contribution >= 4 is 11.7 Å². The maximum Gasteiger partial charge on any atom is 0.223 e. The molecular weight excluding hydrogens is 366 g/mol. The zero-order valence-electron chi connectivity index (χ0n) is 17.3. The number of carbonyl (C=O) groups is 1. The molecule has 154 valence electrons. The molecule has 7 nitrogen and oxygen atoms in total. The van der Waals surface area contributed by atoms with Gasteiger partial charge in [-0.2, -0.15) is 0 Å². The van der Waals surface area contributed by atoms with E-state index in [-0.39, 0.29) is 23.9 Å². The number of nitrogens with zero attached hydrogens (tertiary/aromatic N) is 4. The highest BCUT2D eigenvalue weighted by Crippen LogP contribution is 2.41. The topological polar surface area (TPSA) is 80.2 Å². The van der Waals surface area contributed by atoms with Crippen molar-refractivity contribution in [3.63, 3.8) is 0 Å². The molecule has 2 fully saturated rings.